The molecule has 1 unspecified atom stereocenters. The minimum absolute atomic E-state index is 0.0396. The van der Waals surface area contributed by atoms with Crippen molar-refractivity contribution < 1.29 is 33.1 Å². The molecule has 1 aromatic rings. The molecule has 0 N–H and O–H groups in total. The summed E-state index contributed by atoms with van der Waals surface area (Å²) in [5.41, 5.74) is 0.666. The molecule has 3 aliphatic rings. The van der Waals surface area contributed by atoms with Gasteiger partial charge in [-0.15, -0.1) is 0 Å². The second kappa shape index (κ2) is 13.2. The summed E-state index contributed by atoms with van der Waals surface area (Å²) < 4.78 is 24.1. The zero-order chi connectivity index (χ0) is 25.3. The summed E-state index contributed by atoms with van der Waals surface area (Å²) in [5.74, 6) is -3.37. The first-order chi connectivity index (χ1) is 17.5. The molecule has 1 atom stereocenters. The summed E-state index contributed by atoms with van der Waals surface area (Å²) in [6, 6.07) is 5.77. The molecule has 0 saturated carbocycles. The molecule has 0 radical (unpaired) electrons. The Labute approximate surface area is 210 Å². The number of hydrogen-bond donors (Lipinski definition) is 0. The Bertz CT molecular complexity index is 889. The number of rotatable bonds is 11. The third kappa shape index (κ3) is 7.30. The molecule has 11 heteroatoms. The van der Waals surface area contributed by atoms with Crippen LogP contribution in [0.4, 0.5) is 4.39 Å². The molecule has 2 amide bonds. The van der Waals surface area contributed by atoms with Gasteiger partial charge in [0.2, 0.25) is 5.78 Å². The lowest BCUT2D eigenvalue weighted by molar-refractivity contribution is -0.195. The minimum Gasteiger partial charge on any atom is -0.379 e. The molecule has 0 aromatic heterocycles. The van der Waals surface area contributed by atoms with Crippen LogP contribution in [-0.2, 0) is 35.2 Å². The smallest absolute Gasteiger partial charge is 0.290 e. The highest BCUT2D eigenvalue weighted by molar-refractivity contribution is 6.42. The van der Waals surface area contributed by atoms with E-state index < -0.39 is 23.5 Å². The maximum Gasteiger partial charge on any atom is 0.290 e. The highest BCUT2D eigenvalue weighted by Crippen LogP contribution is 2.20. The Hall–Kier alpha value is -2.44. The fraction of sp³-hybridized carbons (Fsp3) is 0.640. The van der Waals surface area contributed by atoms with E-state index in [0.29, 0.717) is 51.5 Å². The topological polar surface area (TPSA) is 91.9 Å². The van der Waals surface area contributed by atoms with Gasteiger partial charge in [0, 0.05) is 52.4 Å². The fourth-order valence-electron chi connectivity index (χ4n) is 4.57. The van der Waals surface area contributed by atoms with Crippen LogP contribution in [-0.4, -0.2) is 123 Å². The number of hydrogen-bond acceptors (Lipinski definition) is 8. The lowest BCUT2D eigenvalue weighted by Gasteiger charge is -2.28. The Morgan fingerprint density at radius 1 is 0.944 bits per heavy atom. The van der Waals surface area contributed by atoms with Gasteiger partial charge in [0.05, 0.1) is 39.6 Å². The van der Waals surface area contributed by atoms with Gasteiger partial charge in [0.1, 0.15) is 11.7 Å². The van der Waals surface area contributed by atoms with Crippen LogP contribution in [0.3, 0.4) is 0 Å². The Balaban J connectivity index is 1.35. The number of benzene rings is 1. The third-order valence-electron chi connectivity index (χ3n) is 6.76. The van der Waals surface area contributed by atoms with Gasteiger partial charge in [-0.3, -0.25) is 29.0 Å². The Morgan fingerprint density at radius 2 is 1.56 bits per heavy atom. The van der Waals surface area contributed by atoms with E-state index in [1.807, 2.05) is 0 Å². The standard InChI is InChI=1S/C25H35FN4O6/c26-21-4-2-20(3-5-21)18-30(36-13-1-6-27-9-14-34-15-10-27)24(32)22-19-29(25(33)23(22)31)8-7-28-11-16-35-17-12-28/h2-5,22H,1,6-19H2. The van der Waals surface area contributed by atoms with Gasteiger partial charge in [-0.2, -0.15) is 0 Å². The first kappa shape index (κ1) is 26.6. The Kier molecular flexibility index (Phi) is 9.76. The normalized spacial score (nSPS) is 21.8. The second-order valence-electron chi connectivity index (χ2n) is 9.26. The number of ether oxygens (including phenoxy) is 2. The molecular formula is C25H35FN4O6. The van der Waals surface area contributed by atoms with Gasteiger partial charge >= 0.3 is 0 Å². The highest BCUT2D eigenvalue weighted by Gasteiger charge is 2.45. The first-order valence-corrected chi connectivity index (χ1v) is 12.6. The summed E-state index contributed by atoms with van der Waals surface area (Å²) in [6.45, 7) is 8.17. The SMILES string of the molecule is O=C1C(=O)N(CCN2CCOCC2)CC1C(=O)N(Cc1ccc(F)cc1)OCCCN1CCOCC1. The molecule has 3 heterocycles. The van der Waals surface area contributed by atoms with Gasteiger partial charge < -0.3 is 14.4 Å². The van der Waals surface area contributed by atoms with E-state index in [2.05, 4.69) is 9.80 Å². The van der Waals surface area contributed by atoms with Gasteiger partial charge in [-0.1, -0.05) is 12.1 Å². The molecule has 3 fully saturated rings. The van der Waals surface area contributed by atoms with Crippen molar-refractivity contribution in [3.63, 3.8) is 0 Å². The molecule has 198 valence electrons. The first-order valence-electron chi connectivity index (χ1n) is 12.6. The zero-order valence-electron chi connectivity index (χ0n) is 20.6. The van der Waals surface area contributed by atoms with Crippen LogP contribution < -0.4 is 0 Å². The average molecular weight is 507 g/mol. The number of hydroxylamine groups is 2. The second-order valence-corrected chi connectivity index (χ2v) is 9.26. The van der Waals surface area contributed by atoms with E-state index in [1.165, 1.54) is 17.0 Å². The summed E-state index contributed by atoms with van der Waals surface area (Å²) in [7, 11) is 0. The van der Waals surface area contributed by atoms with Gasteiger partial charge in [-0.05, 0) is 24.1 Å². The van der Waals surface area contributed by atoms with Crippen LogP contribution in [0.2, 0.25) is 0 Å². The summed E-state index contributed by atoms with van der Waals surface area (Å²) >= 11 is 0. The highest BCUT2D eigenvalue weighted by atomic mass is 19.1. The van der Waals surface area contributed by atoms with Crippen molar-refractivity contribution in [2.75, 3.05) is 85.4 Å². The summed E-state index contributed by atoms with van der Waals surface area (Å²) in [4.78, 5) is 50.5. The predicted octanol–water partition coefficient (Wildman–Crippen LogP) is 0.168. The van der Waals surface area contributed by atoms with E-state index in [1.54, 1.807) is 12.1 Å². The quantitative estimate of drug-likeness (QED) is 0.182. The zero-order valence-corrected chi connectivity index (χ0v) is 20.6. The maximum atomic E-state index is 13.4. The fourth-order valence-corrected chi connectivity index (χ4v) is 4.57. The van der Waals surface area contributed by atoms with Crippen molar-refractivity contribution in [1.82, 2.24) is 19.8 Å². The van der Waals surface area contributed by atoms with Gasteiger partial charge in [-0.25, -0.2) is 9.45 Å². The number of ketones is 1. The van der Waals surface area contributed by atoms with Gasteiger partial charge in [0.15, 0.2) is 0 Å². The van der Waals surface area contributed by atoms with E-state index in [0.717, 1.165) is 37.8 Å². The van der Waals surface area contributed by atoms with E-state index >= 15 is 0 Å². The van der Waals surface area contributed by atoms with Crippen molar-refractivity contribution in [3.8, 4) is 0 Å². The van der Waals surface area contributed by atoms with E-state index in [-0.39, 0.29) is 25.5 Å². The van der Waals surface area contributed by atoms with Crippen molar-refractivity contribution >= 4 is 17.6 Å². The third-order valence-corrected chi connectivity index (χ3v) is 6.76. The van der Waals surface area contributed by atoms with Crippen LogP contribution in [0.15, 0.2) is 24.3 Å². The van der Waals surface area contributed by atoms with Crippen LogP contribution >= 0.6 is 0 Å². The largest absolute Gasteiger partial charge is 0.379 e. The molecule has 3 saturated heterocycles. The molecule has 0 bridgehead atoms. The van der Waals surface area contributed by atoms with E-state index in [4.69, 9.17) is 14.3 Å². The van der Waals surface area contributed by atoms with Crippen molar-refractivity contribution in [1.29, 1.82) is 0 Å². The Morgan fingerprint density at radius 3 is 2.19 bits per heavy atom. The number of carbonyl (C=O) groups is 3. The number of halogens is 1. The molecule has 36 heavy (non-hydrogen) atoms. The molecular weight excluding hydrogens is 471 g/mol. The molecule has 10 nitrogen and oxygen atoms in total. The monoisotopic (exact) mass is 506 g/mol. The van der Waals surface area contributed by atoms with Gasteiger partial charge in [0.25, 0.3) is 11.8 Å². The predicted molar refractivity (Wildman–Crippen MR) is 127 cm³/mol. The van der Waals surface area contributed by atoms with Crippen LogP contribution in [0, 0.1) is 11.7 Å². The lowest BCUT2D eigenvalue weighted by Crippen LogP contribution is -2.42. The van der Waals surface area contributed by atoms with Crippen molar-refractivity contribution in [2.24, 2.45) is 5.92 Å². The molecule has 0 aliphatic carbocycles. The average Bonchev–Trinajstić information content (AvgIpc) is 3.20. The summed E-state index contributed by atoms with van der Waals surface area (Å²) in [5, 5.41) is 1.16. The maximum absolute atomic E-state index is 13.4. The van der Waals surface area contributed by atoms with Crippen molar-refractivity contribution in [3.05, 3.63) is 35.6 Å². The van der Waals surface area contributed by atoms with Crippen LogP contribution in [0.5, 0.6) is 0 Å². The number of likely N-dealkylation sites (tertiary alicyclic amines) is 1. The van der Waals surface area contributed by atoms with Crippen LogP contribution in [0.1, 0.15) is 12.0 Å². The number of morpholine rings is 2. The molecule has 0 spiro atoms. The molecule has 3 aliphatic heterocycles. The number of nitrogens with zero attached hydrogens (tertiary/aromatic N) is 4. The summed E-state index contributed by atoms with van der Waals surface area (Å²) in [6.07, 6.45) is 0.691. The number of Topliss-reactive ketones (excluding diaryl/α,β-unsaturated/α-hetero) is 1. The lowest BCUT2D eigenvalue weighted by atomic mass is 10.1. The molecule has 1 aromatic carbocycles. The van der Waals surface area contributed by atoms with E-state index in [9.17, 15) is 18.8 Å². The van der Waals surface area contributed by atoms with Crippen molar-refractivity contribution in [2.45, 2.75) is 13.0 Å². The van der Waals surface area contributed by atoms with Crippen LogP contribution in [0.25, 0.3) is 0 Å². The molecule has 4 rings (SSSR count). The number of carbonyl (C=O) groups excluding carboxylic acids is 3. The number of amides is 2. The minimum atomic E-state index is -1.11.